The standard InChI is InChI=1S/C14H22O2/c1-3-5-7-9-13(15)11-12-14(16)10-8-6-4-2/h3-10H2,1-2H3. The average Bonchev–Trinajstić information content (AvgIpc) is 2.27. The first-order valence-corrected chi connectivity index (χ1v) is 6.28. The summed E-state index contributed by atoms with van der Waals surface area (Å²) in [7, 11) is 0. The van der Waals surface area contributed by atoms with Crippen molar-refractivity contribution in [2.75, 3.05) is 0 Å². The molecule has 2 heteroatoms. The van der Waals surface area contributed by atoms with E-state index in [4.69, 9.17) is 0 Å². The van der Waals surface area contributed by atoms with Gasteiger partial charge in [0.25, 0.3) is 0 Å². The third-order valence-corrected chi connectivity index (χ3v) is 2.36. The van der Waals surface area contributed by atoms with Crippen molar-refractivity contribution >= 4 is 11.6 Å². The van der Waals surface area contributed by atoms with Gasteiger partial charge in [0.15, 0.2) is 0 Å². The van der Waals surface area contributed by atoms with E-state index in [1.807, 2.05) is 0 Å². The fourth-order valence-electron chi connectivity index (χ4n) is 1.34. The summed E-state index contributed by atoms with van der Waals surface area (Å²) in [6.07, 6.45) is 7.04. The first-order valence-electron chi connectivity index (χ1n) is 6.28. The highest BCUT2D eigenvalue weighted by Gasteiger charge is 1.99. The summed E-state index contributed by atoms with van der Waals surface area (Å²) in [6, 6.07) is 0. The van der Waals surface area contributed by atoms with Crippen molar-refractivity contribution in [3.05, 3.63) is 0 Å². The Morgan fingerprint density at radius 1 is 0.750 bits per heavy atom. The van der Waals surface area contributed by atoms with Gasteiger partial charge in [-0.3, -0.25) is 9.59 Å². The molecule has 0 aromatic carbocycles. The predicted octanol–water partition coefficient (Wildman–Crippen LogP) is 3.29. The molecule has 2 nitrogen and oxygen atoms in total. The van der Waals surface area contributed by atoms with E-state index in [9.17, 15) is 9.59 Å². The normalized spacial score (nSPS) is 9.38. The summed E-state index contributed by atoms with van der Waals surface area (Å²) in [6.45, 7) is 4.18. The van der Waals surface area contributed by atoms with Gasteiger partial charge in [0.05, 0.1) is 0 Å². The highest BCUT2D eigenvalue weighted by atomic mass is 16.1. The minimum absolute atomic E-state index is 0.0997. The lowest BCUT2D eigenvalue weighted by Gasteiger charge is -1.92. The zero-order valence-electron chi connectivity index (χ0n) is 10.5. The van der Waals surface area contributed by atoms with Crippen molar-refractivity contribution in [1.82, 2.24) is 0 Å². The molecule has 90 valence electrons. The molecular formula is C14H22O2. The lowest BCUT2D eigenvalue weighted by molar-refractivity contribution is -0.115. The molecular weight excluding hydrogens is 200 g/mol. The average molecular weight is 222 g/mol. The van der Waals surface area contributed by atoms with Gasteiger partial charge in [-0.15, -0.1) is 0 Å². The number of ketones is 2. The number of carbonyl (C=O) groups excluding carboxylic acids is 2. The van der Waals surface area contributed by atoms with Gasteiger partial charge < -0.3 is 0 Å². The second-order valence-corrected chi connectivity index (χ2v) is 4.01. The van der Waals surface area contributed by atoms with Crippen LogP contribution in [0.1, 0.15) is 65.2 Å². The van der Waals surface area contributed by atoms with Gasteiger partial charge in [-0.1, -0.05) is 39.5 Å². The van der Waals surface area contributed by atoms with E-state index < -0.39 is 0 Å². The van der Waals surface area contributed by atoms with Crippen LogP contribution < -0.4 is 0 Å². The molecule has 0 atom stereocenters. The van der Waals surface area contributed by atoms with Crippen LogP contribution in [-0.2, 0) is 9.59 Å². The molecule has 0 saturated carbocycles. The van der Waals surface area contributed by atoms with Crippen LogP contribution in [0.5, 0.6) is 0 Å². The molecule has 0 spiro atoms. The van der Waals surface area contributed by atoms with Crippen LogP contribution in [0, 0.1) is 11.8 Å². The minimum atomic E-state index is -0.0997. The van der Waals surface area contributed by atoms with Gasteiger partial charge in [-0.2, -0.15) is 0 Å². The smallest absolute Gasteiger partial charge is 0.205 e. The highest BCUT2D eigenvalue weighted by Crippen LogP contribution is 2.00. The molecule has 0 aliphatic heterocycles. The van der Waals surface area contributed by atoms with Crippen molar-refractivity contribution in [3.8, 4) is 11.8 Å². The van der Waals surface area contributed by atoms with Gasteiger partial charge in [0.1, 0.15) is 0 Å². The van der Waals surface area contributed by atoms with Crippen LogP contribution in [0.4, 0.5) is 0 Å². The Morgan fingerprint density at radius 2 is 1.12 bits per heavy atom. The maximum absolute atomic E-state index is 11.2. The van der Waals surface area contributed by atoms with Crippen LogP contribution in [0.3, 0.4) is 0 Å². The second kappa shape index (κ2) is 10.4. The highest BCUT2D eigenvalue weighted by molar-refractivity contribution is 6.04. The third kappa shape index (κ3) is 9.45. The number of hydrogen-bond acceptors (Lipinski definition) is 2. The Balaban J connectivity index is 3.71. The van der Waals surface area contributed by atoms with Gasteiger partial charge in [-0.25, -0.2) is 0 Å². The van der Waals surface area contributed by atoms with Crippen molar-refractivity contribution in [2.45, 2.75) is 65.2 Å². The largest absolute Gasteiger partial charge is 0.285 e. The Kier molecular flexibility index (Phi) is 9.70. The van der Waals surface area contributed by atoms with Crippen LogP contribution in [0.15, 0.2) is 0 Å². The van der Waals surface area contributed by atoms with Crippen LogP contribution in [0.2, 0.25) is 0 Å². The lowest BCUT2D eigenvalue weighted by atomic mass is 10.1. The lowest BCUT2D eigenvalue weighted by Crippen LogP contribution is -1.97. The van der Waals surface area contributed by atoms with Gasteiger partial charge in [0, 0.05) is 12.8 Å². The first-order chi connectivity index (χ1) is 7.70. The van der Waals surface area contributed by atoms with E-state index in [-0.39, 0.29) is 11.6 Å². The first kappa shape index (κ1) is 14.9. The van der Waals surface area contributed by atoms with E-state index in [1.54, 1.807) is 0 Å². The van der Waals surface area contributed by atoms with E-state index in [0.29, 0.717) is 12.8 Å². The van der Waals surface area contributed by atoms with E-state index >= 15 is 0 Å². The SMILES string of the molecule is CCCCCC(=O)C#CC(=O)CCCCC. The fraction of sp³-hybridized carbons (Fsp3) is 0.714. The Morgan fingerprint density at radius 3 is 1.44 bits per heavy atom. The zero-order chi connectivity index (χ0) is 12.2. The molecule has 0 radical (unpaired) electrons. The number of Topliss-reactive ketones (excluding diaryl/α,β-unsaturated/α-hetero) is 2. The number of unbranched alkanes of at least 4 members (excludes halogenated alkanes) is 4. The molecule has 0 unspecified atom stereocenters. The van der Waals surface area contributed by atoms with Crippen molar-refractivity contribution < 1.29 is 9.59 Å². The maximum atomic E-state index is 11.2. The summed E-state index contributed by atoms with van der Waals surface area (Å²) in [5, 5.41) is 0. The molecule has 0 bridgehead atoms. The molecule has 0 amide bonds. The van der Waals surface area contributed by atoms with Crippen LogP contribution in [-0.4, -0.2) is 11.6 Å². The molecule has 0 rings (SSSR count). The third-order valence-electron chi connectivity index (χ3n) is 2.36. The summed E-state index contributed by atoms with van der Waals surface area (Å²) in [5.74, 6) is 4.66. The van der Waals surface area contributed by atoms with Gasteiger partial charge in [-0.05, 0) is 24.7 Å². The second-order valence-electron chi connectivity index (χ2n) is 4.01. The Bertz CT molecular complexity index is 242. The number of rotatable bonds is 8. The van der Waals surface area contributed by atoms with Crippen molar-refractivity contribution in [1.29, 1.82) is 0 Å². The van der Waals surface area contributed by atoms with Gasteiger partial charge >= 0.3 is 0 Å². The number of hydrogen-bond donors (Lipinski definition) is 0. The Hall–Kier alpha value is -1.10. The summed E-state index contributed by atoms with van der Waals surface area (Å²) >= 11 is 0. The molecule has 16 heavy (non-hydrogen) atoms. The monoisotopic (exact) mass is 222 g/mol. The maximum Gasteiger partial charge on any atom is 0.205 e. The summed E-state index contributed by atoms with van der Waals surface area (Å²) < 4.78 is 0. The number of carbonyl (C=O) groups is 2. The molecule has 0 aromatic rings. The Labute approximate surface area is 98.8 Å². The minimum Gasteiger partial charge on any atom is -0.285 e. The van der Waals surface area contributed by atoms with E-state index in [0.717, 1.165) is 38.5 Å². The fourth-order valence-corrected chi connectivity index (χ4v) is 1.34. The molecule has 0 saturated heterocycles. The molecule has 0 fully saturated rings. The van der Waals surface area contributed by atoms with Crippen LogP contribution >= 0.6 is 0 Å². The predicted molar refractivity (Wildman–Crippen MR) is 66.1 cm³/mol. The van der Waals surface area contributed by atoms with Gasteiger partial charge in [0.2, 0.25) is 11.6 Å². The molecule has 0 aliphatic carbocycles. The molecule has 0 aliphatic rings. The molecule has 0 N–H and O–H groups in total. The van der Waals surface area contributed by atoms with E-state index in [1.165, 1.54) is 0 Å². The van der Waals surface area contributed by atoms with Crippen molar-refractivity contribution in [2.24, 2.45) is 0 Å². The molecule has 0 heterocycles. The zero-order valence-corrected chi connectivity index (χ0v) is 10.5. The quantitative estimate of drug-likeness (QED) is 0.359. The summed E-state index contributed by atoms with van der Waals surface area (Å²) in [4.78, 5) is 22.5. The van der Waals surface area contributed by atoms with Crippen molar-refractivity contribution in [3.63, 3.8) is 0 Å². The topological polar surface area (TPSA) is 34.1 Å². The van der Waals surface area contributed by atoms with Crippen LogP contribution in [0.25, 0.3) is 0 Å². The molecule has 0 aromatic heterocycles. The summed E-state index contributed by atoms with van der Waals surface area (Å²) in [5.41, 5.74) is 0. The van der Waals surface area contributed by atoms with E-state index in [2.05, 4.69) is 25.7 Å².